The van der Waals surface area contributed by atoms with Gasteiger partial charge in [0.1, 0.15) is 0 Å². The first kappa shape index (κ1) is 15.0. The molecule has 1 heterocycles. The molecular formula is C15H19N3O3. The Labute approximate surface area is 123 Å². The van der Waals surface area contributed by atoms with Crippen LogP contribution in [0.15, 0.2) is 24.3 Å². The predicted molar refractivity (Wildman–Crippen MR) is 78.8 cm³/mol. The summed E-state index contributed by atoms with van der Waals surface area (Å²) in [5.74, 6) is -0.831. The van der Waals surface area contributed by atoms with Gasteiger partial charge in [-0.25, -0.2) is 0 Å². The highest BCUT2D eigenvalue weighted by Gasteiger charge is 2.27. The van der Waals surface area contributed by atoms with Crippen LogP contribution in [0, 0.1) is 5.92 Å². The first-order chi connectivity index (χ1) is 10.1. The van der Waals surface area contributed by atoms with Gasteiger partial charge in [-0.2, -0.15) is 0 Å². The summed E-state index contributed by atoms with van der Waals surface area (Å²) in [6.07, 6.45) is 1.08. The Morgan fingerprint density at radius 2 is 2.19 bits per heavy atom. The second-order valence-corrected chi connectivity index (χ2v) is 5.03. The van der Waals surface area contributed by atoms with Crippen molar-refractivity contribution in [3.8, 4) is 0 Å². The summed E-state index contributed by atoms with van der Waals surface area (Å²) in [6, 6.07) is 6.77. The van der Waals surface area contributed by atoms with Crippen molar-refractivity contribution in [3.05, 3.63) is 29.8 Å². The van der Waals surface area contributed by atoms with Gasteiger partial charge in [-0.15, -0.1) is 0 Å². The van der Waals surface area contributed by atoms with Gasteiger partial charge in [-0.1, -0.05) is 13.0 Å². The topological polar surface area (TPSA) is 87.3 Å². The van der Waals surface area contributed by atoms with Gasteiger partial charge in [0, 0.05) is 30.8 Å². The van der Waals surface area contributed by atoms with Gasteiger partial charge >= 0.3 is 0 Å². The first-order valence-electron chi connectivity index (χ1n) is 7.06. The summed E-state index contributed by atoms with van der Waals surface area (Å²) in [7, 11) is 0. The normalized spacial score (nSPS) is 17.2. The van der Waals surface area contributed by atoms with Gasteiger partial charge in [0.25, 0.3) is 5.91 Å². The number of anilines is 1. The van der Waals surface area contributed by atoms with Gasteiger partial charge in [-0.05, 0) is 24.6 Å². The van der Waals surface area contributed by atoms with Gasteiger partial charge in [-0.3, -0.25) is 14.4 Å². The monoisotopic (exact) mass is 289 g/mol. The molecule has 2 rings (SSSR count). The number of carbonyl (C=O) groups excluding carboxylic acids is 3. The highest BCUT2D eigenvalue weighted by atomic mass is 16.2. The maximum atomic E-state index is 12.0. The second kappa shape index (κ2) is 6.88. The molecule has 0 saturated carbocycles. The summed E-state index contributed by atoms with van der Waals surface area (Å²) in [5, 5.41) is 8.15. The van der Waals surface area contributed by atoms with Crippen molar-refractivity contribution in [3.63, 3.8) is 0 Å². The molecule has 1 fully saturated rings. The molecule has 6 heteroatoms. The lowest BCUT2D eigenvalue weighted by Gasteiger charge is -2.10. The highest BCUT2D eigenvalue weighted by Crippen LogP contribution is 2.15. The van der Waals surface area contributed by atoms with E-state index in [0.29, 0.717) is 24.3 Å². The van der Waals surface area contributed by atoms with Crippen LogP contribution in [0.5, 0.6) is 0 Å². The summed E-state index contributed by atoms with van der Waals surface area (Å²) < 4.78 is 0. The number of nitrogens with one attached hydrogen (secondary N) is 3. The zero-order valence-electron chi connectivity index (χ0n) is 11.9. The van der Waals surface area contributed by atoms with Crippen molar-refractivity contribution in [2.45, 2.75) is 19.8 Å². The number of rotatable bonds is 5. The van der Waals surface area contributed by atoms with Gasteiger partial charge in [0.05, 0.1) is 5.92 Å². The van der Waals surface area contributed by atoms with Crippen LogP contribution < -0.4 is 16.0 Å². The molecule has 0 bridgehead atoms. The van der Waals surface area contributed by atoms with E-state index in [4.69, 9.17) is 0 Å². The highest BCUT2D eigenvalue weighted by molar-refractivity contribution is 5.99. The Morgan fingerprint density at radius 3 is 2.86 bits per heavy atom. The zero-order chi connectivity index (χ0) is 15.2. The van der Waals surface area contributed by atoms with Crippen molar-refractivity contribution in [2.24, 2.45) is 5.92 Å². The third-order valence-electron chi connectivity index (χ3n) is 3.28. The Balaban J connectivity index is 1.99. The van der Waals surface area contributed by atoms with Crippen LogP contribution in [0.2, 0.25) is 0 Å². The Bertz CT molecular complexity index is 557. The zero-order valence-corrected chi connectivity index (χ0v) is 11.9. The Kier molecular flexibility index (Phi) is 4.92. The van der Waals surface area contributed by atoms with Crippen LogP contribution in [0.4, 0.5) is 5.69 Å². The van der Waals surface area contributed by atoms with Crippen molar-refractivity contribution in [2.75, 3.05) is 18.4 Å². The number of amides is 3. The average Bonchev–Trinajstić information content (AvgIpc) is 2.91. The largest absolute Gasteiger partial charge is 0.355 e. The quantitative estimate of drug-likeness (QED) is 0.752. The molecule has 0 aliphatic carbocycles. The fourth-order valence-electron chi connectivity index (χ4n) is 2.11. The van der Waals surface area contributed by atoms with E-state index in [1.807, 2.05) is 6.92 Å². The molecule has 1 aromatic rings. The molecule has 0 radical (unpaired) electrons. The fourth-order valence-corrected chi connectivity index (χ4v) is 2.11. The first-order valence-corrected chi connectivity index (χ1v) is 7.06. The molecule has 1 atom stereocenters. The predicted octanol–water partition coefficient (Wildman–Crippen LogP) is 0.901. The van der Waals surface area contributed by atoms with E-state index in [0.717, 1.165) is 6.42 Å². The van der Waals surface area contributed by atoms with Crippen LogP contribution in [0.1, 0.15) is 30.1 Å². The minimum atomic E-state index is -0.352. The lowest BCUT2D eigenvalue weighted by molar-refractivity contribution is -0.123. The SMILES string of the molecule is CCCNC(=O)c1cccc(NC(=O)C2CNC(=O)C2)c1. The average molecular weight is 289 g/mol. The number of hydrogen-bond donors (Lipinski definition) is 3. The molecule has 0 spiro atoms. The van der Waals surface area contributed by atoms with E-state index >= 15 is 0 Å². The molecule has 3 N–H and O–H groups in total. The smallest absolute Gasteiger partial charge is 0.251 e. The lowest BCUT2D eigenvalue weighted by atomic mass is 10.1. The molecule has 1 aliphatic heterocycles. The van der Waals surface area contributed by atoms with Gasteiger partial charge in [0.2, 0.25) is 11.8 Å². The van der Waals surface area contributed by atoms with E-state index < -0.39 is 0 Å². The molecule has 1 saturated heterocycles. The Morgan fingerprint density at radius 1 is 1.38 bits per heavy atom. The molecule has 3 amide bonds. The maximum absolute atomic E-state index is 12.0. The van der Waals surface area contributed by atoms with E-state index in [1.165, 1.54) is 0 Å². The second-order valence-electron chi connectivity index (χ2n) is 5.03. The minimum Gasteiger partial charge on any atom is -0.355 e. The molecular weight excluding hydrogens is 270 g/mol. The molecule has 1 aliphatic rings. The maximum Gasteiger partial charge on any atom is 0.251 e. The van der Waals surface area contributed by atoms with Gasteiger partial charge in [0.15, 0.2) is 0 Å². The Hall–Kier alpha value is -2.37. The molecule has 21 heavy (non-hydrogen) atoms. The number of benzene rings is 1. The molecule has 6 nitrogen and oxygen atoms in total. The van der Waals surface area contributed by atoms with Crippen LogP contribution in [0.3, 0.4) is 0 Å². The summed E-state index contributed by atoms with van der Waals surface area (Å²) in [4.78, 5) is 35.0. The van der Waals surface area contributed by atoms with E-state index in [2.05, 4.69) is 16.0 Å². The van der Waals surface area contributed by atoms with E-state index in [9.17, 15) is 14.4 Å². The lowest BCUT2D eigenvalue weighted by Crippen LogP contribution is -2.26. The third-order valence-corrected chi connectivity index (χ3v) is 3.28. The van der Waals surface area contributed by atoms with E-state index in [-0.39, 0.29) is 30.1 Å². The van der Waals surface area contributed by atoms with Gasteiger partial charge < -0.3 is 16.0 Å². The summed E-state index contributed by atoms with van der Waals surface area (Å²) in [6.45, 7) is 2.96. The van der Waals surface area contributed by atoms with Crippen molar-refractivity contribution in [1.82, 2.24) is 10.6 Å². The summed E-state index contributed by atoms with van der Waals surface area (Å²) >= 11 is 0. The van der Waals surface area contributed by atoms with Crippen molar-refractivity contribution < 1.29 is 14.4 Å². The molecule has 0 aromatic heterocycles. The van der Waals surface area contributed by atoms with E-state index in [1.54, 1.807) is 24.3 Å². The minimum absolute atomic E-state index is 0.108. The van der Waals surface area contributed by atoms with Crippen LogP contribution in [0.25, 0.3) is 0 Å². The number of carbonyl (C=O) groups is 3. The molecule has 1 aromatic carbocycles. The standard InChI is InChI=1S/C15H19N3O3/c1-2-6-16-14(20)10-4-3-5-12(7-10)18-15(21)11-8-13(19)17-9-11/h3-5,7,11H,2,6,8-9H2,1H3,(H,16,20)(H,17,19)(H,18,21). The molecule has 1 unspecified atom stereocenters. The fraction of sp³-hybridized carbons (Fsp3) is 0.400. The van der Waals surface area contributed by atoms with Crippen LogP contribution in [-0.4, -0.2) is 30.8 Å². The molecule has 112 valence electrons. The third kappa shape index (κ3) is 4.05. The van der Waals surface area contributed by atoms with Crippen molar-refractivity contribution >= 4 is 23.4 Å². The number of hydrogen-bond acceptors (Lipinski definition) is 3. The van der Waals surface area contributed by atoms with Crippen LogP contribution >= 0.6 is 0 Å². The van der Waals surface area contributed by atoms with Crippen LogP contribution in [-0.2, 0) is 9.59 Å². The van der Waals surface area contributed by atoms with Crippen molar-refractivity contribution in [1.29, 1.82) is 0 Å². The summed E-state index contributed by atoms with van der Waals surface area (Å²) in [5.41, 5.74) is 1.06.